The highest BCUT2D eigenvalue weighted by Crippen LogP contribution is 1.99. The van der Waals surface area contributed by atoms with Crippen molar-refractivity contribution in [3.8, 4) is 12.3 Å². The fraction of sp³-hybridized carbons (Fsp3) is 0.500. The van der Waals surface area contributed by atoms with Gasteiger partial charge in [0.1, 0.15) is 0 Å². The second kappa shape index (κ2) is 10.0. The molecule has 0 aromatic heterocycles. The van der Waals surface area contributed by atoms with E-state index in [2.05, 4.69) is 37.1 Å². The van der Waals surface area contributed by atoms with E-state index in [1.807, 2.05) is 0 Å². The Morgan fingerprint density at radius 2 is 1.92 bits per heavy atom. The average Bonchev–Trinajstić information content (AvgIpc) is 2.10. The molecular formula is C12H18. The minimum atomic E-state index is 0.915. The first-order valence-corrected chi connectivity index (χ1v) is 4.67. The second-order valence-corrected chi connectivity index (χ2v) is 2.71. The lowest BCUT2D eigenvalue weighted by atomic mass is 10.2. The van der Waals surface area contributed by atoms with Crippen molar-refractivity contribution in [3.63, 3.8) is 0 Å². The van der Waals surface area contributed by atoms with Crippen molar-refractivity contribution < 1.29 is 0 Å². The Morgan fingerprint density at radius 1 is 1.17 bits per heavy atom. The monoisotopic (exact) mass is 162 g/mol. The van der Waals surface area contributed by atoms with Gasteiger partial charge in [0.2, 0.25) is 0 Å². The summed E-state index contributed by atoms with van der Waals surface area (Å²) in [5, 5.41) is 0. The zero-order valence-electron chi connectivity index (χ0n) is 7.92. The topological polar surface area (TPSA) is 0 Å². The van der Waals surface area contributed by atoms with Crippen LogP contribution in [0.25, 0.3) is 0 Å². The van der Waals surface area contributed by atoms with E-state index < -0.39 is 0 Å². The van der Waals surface area contributed by atoms with Crippen LogP contribution >= 0.6 is 0 Å². The number of unbranched alkanes of at least 4 members (excludes halogenated alkanes) is 3. The van der Waals surface area contributed by atoms with Crippen LogP contribution in [-0.2, 0) is 0 Å². The smallest absolute Gasteiger partial charge is 0.00861 e. The van der Waals surface area contributed by atoms with E-state index in [4.69, 9.17) is 6.42 Å². The number of hydrogen-bond acceptors (Lipinski definition) is 0. The second-order valence-electron chi connectivity index (χ2n) is 2.71. The number of hydrogen-bond donors (Lipinski definition) is 0. The first-order valence-electron chi connectivity index (χ1n) is 4.67. The van der Waals surface area contributed by atoms with Crippen LogP contribution in [0.4, 0.5) is 0 Å². The van der Waals surface area contributed by atoms with Gasteiger partial charge in [0, 0.05) is 6.42 Å². The van der Waals surface area contributed by atoms with Crippen molar-refractivity contribution >= 4 is 0 Å². The van der Waals surface area contributed by atoms with Crippen LogP contribution in [0.3, 0.4) is 0 Å². The lowest BCUT2D eigenvalue weighted by Gasteiger charge is -1.89. The molecule has 0 unspecified atom stereocenters. The van der Waals surface area contributed by atoms with Gasteiger partial charge in [-0.15, -0.1) is 12.3 Å². The number of rotatable bonds is 6. The van der Waals surface area contributed by atoms with Gasteiger partial charge in [-0.3, -0.25) is 0 Å². The van der Waals surface area contributed by atoms with Crippen molar-refractivity contribution in [2.24, 2.45) is 0 Å². The summed E-state index contributed by atoms with van der Waals surface area (Å²) in [6.07, 6.45) is 19.2. The summed E-state index contributed by atoms with van der Waals surface area (Å²) in [6.45, 7) is 2.14. The van der Waals surface area contributed by atoms with Gasteiger partial charge in [-0.25, -0.2) is 0 Å². The van der Waals surface area contributed by atoms with Crippen LogP contribution < -0.4 is 0 Å². The highest BCUT2D eigenvalue weighted by molar-refractivity contribution is 5.01. The number of terminal acetylenes is 1. The van der Waals surface area contributed by atoms with E-state index >= 15 is 0 Å². The van der Waals surface area contributed by atoms with Gasteiger partial charge in [0.15, 0.2) is 0 Å². The molecule has 0 saturated heterocycles. The molecule has 66 valence electrons. The predicted octanol–water partition coefficient (Wildman–Crippen LogP) is 3.70. The Labute approximate surface area is 76.4 Å². The molecule has 0 spiro atoms. The zero-order valence-corrected chi connectivity index (χ0v) is 7.92. The molecule has 0 bridgehead atoms. The van der Waals surface area contributed by atoms with Crippen LogP contribution in [0.5, 0.6) is 0 Å². The third-order valence-corrected chi connectivity index (χ3v) is 1.56. The minimum absolute atomic E-state index is 0.915. The molecule has 0 heterocycles. The zero-order chi connectivity index (χ0) is 9.07. The van der Waals surface area contributed by atoms with Crippen LogP contribution in [0.15, 0.2) is 24.3 Å². The number of allylic oxidation sites excluding steroid dienone is 4. The maximum absolute atomic E-state index is 5.13. The Morgan fingerprint density at radius 3 is 2.58 bits per heavy atom. The van der Waals surface area contributed by atoms with Crippen molar-refractivity contribution in [1.29, 1.82) is 0 Å². The third-order valence-electron chi connectivity index (χ3n) is 1.56. The SMILES string of the molecule is C#CCCCC/C=C/C=C\CC. The molecule has 0 nitrogen and oxygen atoms in total. The van der Waals surface area contributed by atoms with Gasteiger partial charge < -0.3 is 0 Å². The van der Waals surface area contributed by atoms with Gasteiger partial charge >= 0.3 is 0 Å². The average molecular weight is 162 g/mol. The van der Waals surface area contributed by atoms with E-state index in [1.54, 1.807) is 0 Å². The summed E-state index contributed by atoms with van der Waals surface area (Å²) in [5.74, 6) is 2.64. The largest absolute Gasteiger partial charge is 0.120 e. The summed E-state index contributed by atoms with van der Waals surface area (Å²) in [5.41, 5.74) is 0. The molecule has 0 fully saturated rings. The van der Waals surface area contributed by atoms with Gasteiger partial charge in [0.05, 0.1) is 0 Å². The molecule has 0 aliphatic carbocycles. The summed E-state index contributed by atoms with van der Waals surface area (Å²) in [4.78, 5) is 0. The molecular weight excluding hydrogens is 144 g/mol. The van der Waals surface area contributed by atoms with E-state index in [0.717, 1.165) is 25.7 Å². The van der Waals surface area contributed by atoms with Crippen LogP contribution in [0.2, 0.25) is 0 Å². The molecule has 0 aliphatic heterocycles. The fourth-order valence-corrected chi connectivity index (χ4v) is 0.879. The quantitative estimate of drug-likeness (QED) is 0.317. The molecule has 0 N–H and O–H groups in total. The molecule has 0 rings (SSSR count). The summed E-state index contributed by atoms with van der Waals surface area (Å²) >= 11 is 0. The normalized spacial score (nSPS) is 11.0. The van der Waals surface area contributed by atoms with Gasteiger partial charge in [-0.2, -0.15) is 0 Å². The van der Waals surface area contributed by atoms with Crippen molar-refractivity contribution in [2.75, 3.05) is 0 Å². The van der Waals surface area contributed by atoms with Crippen molar-refractivity contribution in [1.82, 2.24) is 0 Å². The molecule has 0 heteroatoms. The molecule has 0 amide bonds. The maximum atomic E-state index is 5.13. The summed E-state index contributed by atoms with van der Waals surface area (Å²) < 4.78 is 0. The molecule has 0 radical (unpaired) electrons. The standard InChI is InChI=1S/C12H18/c1-3-5-7-9-11-12-10-8-6-4-2/h1,6,8,10,12H,4-5,7,9,11H2,2H3/b8-6-,12-10+. The van der Waals surface area contributed by atoms with Gasteiger partial charge in [0.25, 0.3) is 0 Å². The molecule has 0 aromatic carbocycles. The minimum Gasteiger partial charge on any atom is -0.120 e. The Hall–Kier alpha value is -0.960. The summed E-state index contributed by atoms with van der Waals surface area (Å²) in [6, 6.07) is 0. The third kappa shape index (κ3) is 9.04. The van der Waals surface area contributed by atoms with Gasteiger partial charge in [-0.1, -0.05) is 31.2 Å². The highest BCUT2D eigenvalue weighted by atomic mass is 13.9. The lowest BCUT2D eigenvalue weighted by molar-refractivity contribution is 0.772. The van der Waals surface area contributed by atoms with Crippen LogP contribution in [0, 0.1) is 12.3 Å². The molecule has 0 aromatic rings. The summed E-state index contributed by atoms with van der Waals surface area (Å²) in [7, 11) is 0. The van der Waals surface area contributed by atoms with Crippen molar-refractivity contribution in [3.05, 3.63) is 24.3 Å². The van der Waals surface area contributed by atoms with Gasteiger partial charge in [-0.05, 0) is 25.7 Å². The molecule has 0 saturated carbocycles. The molecule has 12 heavy (non-hydrogen) atoms. The fourth-order valence-electron chi connectivity index (χ4n) is 0.879. The van der Waals surface area contributed by atoms with E-state index in [-0.39, 0.29) is 0 Å². The first-order chi connectivity index (χ1) is 5.91. The van der Waals surface area contributed by atoms with E-state index in [9.17, 15) is 0 Å². The first kappa shape index (κ1) is 11.0. The lowest BCUT2D eigenvalue weighted by Crippen LogP contribution is -1.71. The van der Waals surface area contributed by atoms with Crippen LogP contribution in [-0.4, -0.2) is 0 Å². The van der Waals surface area contributed by atoms with E-state index in [0.29, 0.717) is 0 Å². The van der Waals surface area contributed by atoms with E-state index in [1.165, 1.54) is 6.42 Å². The van der Waals surface area contributed by atoms with Crippen LogP contribution in [0.1, 0.15) is 39.0 Å². The Balaban J connectivity index is 3.14. The molecule has 0 aliphatic rings. The highest BCUT2D eigenvalue weighted by Gasteiger charge is 1.81. The molecule has 0 atom stereocenters. The maximum Gasteiger partial charge on any atom is 0.00861 e. The van der Waals surface area contributed by atoms with Crippen molar-refractivity contribution in [2.45, 2.75) is 39.0 Å². The Bertz CT molecular complexity index is 167. The Kier molecular flexibility index (Phi) is 9.24. The predicted molar refractivity (Wildman–Crippen MR) is 55.9 cm³/mol.